The summed E-state index contributed by atoms with van der Waals surface area (Å²) in [4.78, 5) is 12.3. The van der Waals surface area contributed by atoms with Gasteiger partial charge in [0.15, 0.2) is 0 Å². The highest BCUT2D eigenvalue weighted by Crippen LogP contribution is 2.33. The quantitative estimate of drug-likeness (QED) is 0.695. The van der Waals surface area contributed by atoms with E-state index in [1.807, 2.05) is 0 Å². The van der Waals surface area contributed by atoms with Crippen molar-refractivity contribution in [2.45, 2.75) is 13.1 Å². The largest absolute Gasteiger partial charge is 0.496 e. The summed E-state index contributed by atoms with van der Waals surface area (Å²) >= 11 is 5.88. The fourth-order valence-corrected chi connectivity index (χ4v) is 2.42. The third-order valence-electron chi connectivity index (χ3n) is 3.19. The molecule has 0 aromatic carbocycles. The van der Waals surface area contributed by atoms with Crippen LogP contribution in [0.25, 0.3) is 17.0 Å². The van der Waals surface area contributed by atoms with Gasteiger partial charge in [0.05, 0.1) is 30.3 Å². The average Bonchev–Trinajstić information content (AvgIpc) is 2.89. The van der Waals surface area contributed by atoms with E-state index in [9.17, 15) is 4.39 Å². The number of aromatic nitrogens is 4. The van der Waals surface area contributed by atoms with Crippen molar-refractivity contribution in [1.29, 1.82) is 0 Å². The summed E-state index contributed by atoms with van der Waals surface area (Å²) < 4.78 is 20.9. The van der Waals surface area contributed by atoms with Gasteiger partial charge < -0.3 is 4.74 Å². The lowest BCUT2D eigenvalue weighted by Gasteiger charge is -2.11. The van der Waals surface area contributed by atoms with Crippen LogP contribution in [-0.2, 0) is 0 Å². The molecule has 0 spiro atoms. The van der Waals surface area contributed by atoms with Gasteiger partial charge in [0.25, 0.3) is 0 Å². The lowest BCUT2D eigenvalue weighted by atomic mass is 10.1. The molecule has 0 aliphatic rings. The third kappa shape index (κ3) is 2.31. The molecule has 0 aliphatic carbocycles. The fourth-order valence-electron chi connectivity index (χ4n) is 2.27. The van der Waals surface area contributed by atoms with Crippen LogP contribution in [-0.4, -0.2) is 26.5 Å². The fraction of sp³-hybridized carbons (Fsp3) is 0.214. The van der Waals surface area contributed by atoms with Crippen molar-refractivity contribution in [1.82, 2.24) is 19.4 Å². The maximum atomic E-state index is 13.9. The molecule has 0 aliphatic heterocycles. The van der Waals surface area contributed by atoms with Crippen LogP contribution in [0.4, 0.5) is 4.39 Å². The minimum Gasteiger partial charge on any atom is -0.496 e. The number of halogens is 2. The number of pyridine rings is 1. The second kappa shape index (κ2) is 5.29. The monoisotopic (exact) mass is 306 g/mol. The van der Waals surface area contributed by atoms with E-state index in [1.54, 1.807) is 28.9 Å². The molecule has 1 unspecified atom stereocenters. The Kier molecular flexibility index (Phi) is 3.47. The number of alkyl halides is 1. The van der Waals surface area contributed by atoms with Crippen LogP contribution in [0, 0.1) is 0 Å². The highest BCUT2D eigenvalue weighted by molar-refractivity contribution is 6.29. The third-order valence-corrected chi connectivity index (χ3v) is 3.40. The van der Waals surface area contributed by atoms with E-state index in [2.05, 4.69) is 15.0 Å². The van der Waals surface area contributed by atoms with E-state index in [4.69, 9.17) is 16.3 Å². The summed E-state index contributed by atoms with van der Waals surface area (Å²) in [6, 6.07) is 3.33. The molecule has 3 aromatic rings. The number of nitrogens with zero attached hydrogens (tertiary/aromatic N) is 4. The molecular weight excluding hydrogens is 295 g/mol. The van der Waals surface area contributed by atoms with Crippen molar-refractivity contribution in [3.8, 4) is 17.1 Å². The molecule has 0 N–H and O–H groups in total. The molecule has 3 heterocycles. The van der Waals surface area contributed by atoms with E-state index in [-0.39, 0.29) is 0 Å². The molecule has 7 heteroatoms. The predicted molar refractivity (Wildman–Crippen MR) is 77.3 cm³/mol. The predicted octanol–water partition coefficient (Wildman–Crippen LogP) is 3.48. The normalized spacial score (nSPS) is 12.6. The van der Waals surface area contributed by atoms with Gasteiger partial charge in [-0.05, 0) is 13.0 Å². The number of hydrogen-bond acceptors (Lipinski definition) is 4. The maximum Gasteiger partial charge on any atom is 0.147 e. The van der Waals surface area contributed by atoms with Crippen molar-refractivity contribution >= 4 is 17.2 Å². The molecular formula is C14H12ClFN4O. The van der Waals surface area contributed by atoms with Crippen LogP contribution >= 0.6 is 11.6 Å². The zero-order chi connectivity index (χ0) is 15.0. The van der Waals surface area contributed by atoms with Gasteiger partial charge in [-0.25, -0.2) is 19.3 Å². The smallest absolute Gasteiger partial charge is 0.147 e. The highest BCUT2D eigenvalue weighted by atomic mass is 35.5. The zero-order valence-electron chi connectivity index (χ0n) is 11.4. The molecule has 0 amide bonds. The first-order chi connectivity index (χ1) is 10.1. The number of methoxy groups -OCH3 is 1. The van der Waals surface area contributed by atoms with Crippen LogP contribution in [0.5, 0.6) is 5.75 Å². The first kappa shape index (κ1) is 13.8. The van der Waals surface area contributed by atoms with Crippen LogP contribution in [0.2, 0.25) is 5.15 Å². The molecule has 0 bridgehead atoms. The van der Waals surface area contributed by atoms with Gasteiger partial charge in [-0.1, -0.05) is 11.6 Å². The average molecular weight is 307 g/mol. The van der Waals surface area contributed by atoms with Gasteiger partial charge >= 0.3 is 0 Å². The molecule has 1 atom stereocenters. The minimum atomic E-state index is -1.20. The Hall–Kier alpha value is -2.21. The number of ether oxygens (including phenoxy) is 1. The summed E-state index contributed by atoms with van der Waals surface area (Å²) in [5.74, 6) is 0.468. The summed E-state index contributed by atoms with van der Waals surface area (Å²) in [5.41, 5.74) is 2.23. The summed E-state index contributed by atoms with van der Waals surface area (Å²) in [6.07, 6.45) is 3.56. The number of rotatable bonds is 3. The van der Waals surface area contributed by atoms with Crippen molar-refractivity contribution in [2.75, 3.05) is 7.11 Å². The molecule has 3 aromatic heterocycles. The Labute approximate surface area is 125 Å². The second-order valence-corrected chi connectivity index (χ2v) is 4.86. The molecule has 0 radical (unpaired) electrons. The first-order valence-corrected chi connectivity index (χ1v) is 6.65. The van der Waals surface area contributed by atoms with Gasteiger partial charge in [-0.3, -0.25) is 4.40 Å². The van der Waals surface area contributed by atoms with Crippen molar-refractivity contribution < 1.29 is 9.13 Å². The van der Waals surface area contributed by atoms with Gasteiger partial charge in [0.2, 0.25) is 0 Å². The number of hydrogen-bond donors (Lipinski definition) is 0. The highest BCUT2D eigenvalue weighted by Gasteiger charge is 2.19. The maximum absolute atomic E-state index is 13.9. The van der Waals surface area contributed by atoms with Crippen molar-refractivity contribution in [2.24, 2.45) is 0 Å². The molecule has 21 heavy (non-hydrogen) atoms. The second-order valence-electron chi connectivity index (χ2n) is 4.48. The van der Waals surface area contributed by atoms with Crippen LogP contribution in [0.3, 0.4) is 0 Å². The van der Waals surface area contributed by atoms with Crippen LogP contribution in [0.15, 0.2) is 30.9 Å². The SMILES string of the molecule is COc1ccn2c(-c3cc(Cl)ncn3)cnc2c1C(C)F. The van der Waals surface area contributed by atoms with Gasteiger partial charge in [-0.2, -0.15) is 0 Å². The number of fused-ring (bicyclic) bond motifs is 1. The number of imidazole rings is 1. The molecule has 0 saturated heterocycles. The Morgan fingerprint density at radius 1 is 1.33 bits per heavy atom. The van der Waals surface area contributed by atoms with Crippen molar-refractivity contribution in [3.63, 3.8) is 0 Å². The summed E-state index contributed by atoms with van der Waals surface area (Å²) in [7, 11) is 1.51. The Balaban J connectivity index is 2.26. The van der Waals surface area contributed by atoms with E-state index in [0.29, 0.717) is 33.5 Å². The van der Waals surface area contributed by atoms with E-state index < -0.39 is 6.17 Å². The van der Waals surface area contributed by atoms with Crippen LogP contribution < -0.4 is 4.74 Å². The lowest BCUT2D eigenvalue weighted by Crippen LogP contribution is -1.99. The van der Waals surface area contributed by atoms with Crippen LogP contribution in [0.1, 0.15) is 18.7 Å². The molecule has 0 fully saturated rings. The molecule has 0 saturated carbocycles. The lowest BCUT2D eigenvalue weighted by molar-refractivity contribution is 0.347. The topological polar surface area (TPSA) is 52.3 Å². The minimum absolute atomic E-state index is 0.336. The Bertz CT molecular complexity index is 803. The Morgan fingerprint density at radius 3 is 2.81 bits per heavy atom. The summed E-state index contributed by atoms with van der Waals surface area (Å²) in [5, 5.41) is 0.336. The summed E-state index contributed by atoms with van der Waals surface area (Å²) in [6.45, 7) is 1.45. The van der Waals surface area contributed by atoms with Gasteiger partial charge in [0.1, 0.15) is 29.0 Å². The molecule has 108 valence electrons. The standard InChI is InChI=1S/C14H12ClFN4O/c1-8(16)13-11(21-2)3-4-20-10(6-17-14(13)20)9-5-12(15)19-7-18-9/h3-8H,1-2H3. The van der Waals surface area contributed by atoms with E-state index >= 15 is 0 Å². The zero-order valence-corrected chi connectivity index (χ0v) is 12.2. The molecule has 3 rings (SSSR count). The van der Waals surface area contributed by atoms with E-state index in [0.717, 1.165) is 0 Å². The van der Waals surface area contributed by atoms with Crippen molar-refractivity contribution in [3.05, 3.63) is 41.6 Å². The Morgan fingerprint density at radius 2 is 2.14 bits per heavy atom. The van der Waals surface area contributed by atoms with E-state index in [1.165, 1.54) is 20.4 Å². The molecule has 5 nitrogen and oxygen atoms in total. The van der Waals surface area contributed by atoms with Gasteiger partial charge in [-0.15, -0.1) is 0 Å². The first-order valence-electron chi connectivity index (χ1n) is 6.27. The van der Waals surface area contributed by atoms with Gasteiger partial charge in [0, 0.05) is 12.3 Å².